The lowest BCUT2D eigenvalue weighted by Crippen LogP contribution is -2.21. The van der Waals surface area contributed by atoms with E-state index in [2.05, 4.69) is 11.9 Å². The topological polar surface area (TPSA) is 77.1 Å². The summed E-state index contributed by atoms with van der Waals surface area (Å²) < 4.78 is 1.54. The number of rotatable bonds is 4. The lowest BCUT2D eigenvalue weighted by Gasteiger charge is -2.08. The van der Waals surface area contributed by atoms with Gasteiger partial charge in [0.1, 0.15) is 0 Å². The number of benzene rings is 2. The molecule has 2 amide bonds. The number of aryl methyl sites for hydroxylation is 1. The van der Waals surface area contributed by atoms with Crippen LogP contribution >= 0.6 is 0 Å². The van der Waals surface area contributed by atoms with Crippen LogP contribution in [-0.4, -0.2) is 16.5 Å². The van der Waals surface area contributed by atoms with Gasteiger partial charge >= 0.3 is 6.03 Å². The van der Waals surface area contributed by atoms with Crippen molar-refractivity contribution in [3.05, 3.63) is 66.9 Å². The lowest BCUT2D eigenvalue weighted by atomic mass is 10.0. The number of primary amides is 1. The van der Waals surface area contributed by atoms with Crippen molar-refractivity contribution in [3.63, 3.8) is 0 Å². The van der Waals surface area contributed by atoms with E-state index in [-0.39, 0.29) is 5.91 Å². The van der Waals surface area contributed by atoms with E-state index in [4.69, 9.17) is 5.73 Å². The van der Waals surface area contributed by atoms with Gasteiger partial charge in [0.15, 0.2) is 0 Å². The summed E-state index contributed by atoms with van der Waals surface area (Å²) in [4.78, 5) is 23.4. The zero-order valence-electron chi connectivity index (χ0n) is 14.0. The molecule has 0 atom stereocenters. The predicted molar refractivity (Wildman–Crippen MR) is 101 cm³/mol. The maximum atomic E-state index is 11.8. The van der Waals surface area contributed by atoms with E-state index in [1.165, 1.54) is 6.08 Å². The van der Waals surface area contributed by atoms with Gasteiger partial charge in [0, 0.05) is 16.8 Å². The quantitative estimate of drug-likeness (QED) is 0.710. The van der Waals surface area contributed by atoms with Crippen molar-refractivity contribution in [2.75, 3.05) is 5.32 Å². The molecule has 0 radical (unpaired) electrons. The van der Waals surface area contributed by atoms with E-state index in [1.54, 1.807) is 4.57 Å². The van der Waals surface area contributed by atoms with Gasteiger partial charge < -0.3 is 11.1 Å². The molecule has 126 valence electrons. The number of anilines is 1. The van der Waals surface area contributed by atoms with Crippen LogP contribution in [0.2, 0.25) is 0 Å². The van der Waals surface area contributed by atoms with Gasteiger partial charge in [0.05, 0.1) is 5.52 Å². The van der Waals surface area contributed by atoms with Gasteiger partial charge in [0.2, 0.25) is 5.91 Å². The Hall–Kier alpha value is -3.34. The van der Waals surface area contributed by atoms with Crippen molar-refractivity contribution in [2.45, 2.75) is 13.3 Å². The number of nitrogens with one attached hydrogen (secondary N) is 1. The molecule has 0 aliphatic carbocycles. The summed E-state index contributed by atoms with van der Waals surface area (Å²) in [5.41, 5.74) is 9.80. The molecular weight excluding hydrogens is 314 g/mol. The van der Waals surface area contributed by atoms with Crippen LogP contribution < -0.4 is 11.1 Å². The molecule has 0 fully saturated rings. The molecule has 0 bridgehead atoms. The van der Waals surface area contributed by atoms with Crippen LogP contribution in [0.25, 0.3) is 22.0 Å². The number of fused-ring (bicyclic) bond motifs is 1. The highest BCUT2D eigenvalue weighted by atomic mass is 16.2. The molecule has 2 aromatic carbocycles. The Bertz CT molecular complexity index is 986. The first-order valence-electron chi connectivity index (χ1n) is 8.02. The van der Waals surface area contributed by atoms with Crippen molar-refractivity contribution in [1.82, 2.24) is 4.57 Å². The molecule has 5 nitrogen and oxygen atoms in total. The van der Waals surface area contributed by atoms with Crippen molar-refractivity contribution in [1.29, 1.82) is 0 Å². The molecule has 25 heavy (non-hydrogen) atoms. The third kappa shape index (κ3) is 3.04. The summed E-state index contributed by atoms with van der Waals surface area (Å²) in [6, 6.07) is 14.8. The molecule has 3 rings (SSSR count). The zero-order valence-corrected chi connectivity index (χ0v) is 14.0. The molecule has 0 aliphatic heterocycles. The van der Waals surface area contributed by atoms with Crippen LogP contribution in [0.5, 0.6) is 0 Å². The van der Waals surface area contributed by atoms with Gasteiger partial charge in [-0.15, -0.1) is 0 Å². The standard InChI is InChI=1S/C20H19N3O2/c1-3-15-12-17-16(9-6-10-18(17)23(15)20(21)25)13-7-5-8-14(11-13)22-19(24)4-2/h4-12H,2-3H2,1H3,(H2,21,25)(H,22,24). The van der Waals surface area contributed by atoms with Gasteiger partial charge in [-0.3, -0.25) is 9.36 Å². The van der Waals surface area contributed by atoms with Gasteiger partial charge in [-0.1, -0.05) is 37.8 Å². The summed E-state index contributed by atoms with van der Waals surface area (Å²) >= 11 is 0. The van der Waals surface area contributed by atoms with E-state index in [1.807, 2.05) is 55.5 Å². The fraction of sp³-hybridized carbons (Fsp3) is 0.100. The Morgan fingerprint density at radius 3 is 2.64 bits per heavy atom. The largest absolute Gasteiger partial charge is 0.351 e. The van der Waals surface area contributed by atoms with Crippen LogP contribution in [0.1, 0.15) is 12.6 Å². The third-order valence-electron chi connectivity index (χ3n) is 4.13. The fourth-order valence-corrected chi connectivity index (χ4v) is 3.02. The molecule has 5 heteroatoms. The van der Waals surface area contributed by atoms with E-state index in [9.17, 15) is 9.59 Å². The average Bonchev–Trinajstić information content (AvgIpc) is 3.00. The smallest absolute Gasteiger partial charge is 0.323 e. The maximum Gasteiger partial charge on any atom is 0.323 e. The predicted octanol–water partition coefficient (Wildman–Crippen LogP) is 3.92. The molecule has 0 saturated heterocycles. The van der Waals surface area contributed by atoms with E-state index in [0.717, 1.165) is 27.7 Å². The third-order valence-corrected chi connectivity index (χ3v) is 4.13. The van der Waals surface area contributed by atoms with Crippen LogP contribution in [-0.2, 0) is 11.2 Å². The minimum atomic E-state index is -0.490. The van der Waals surface area contributed by atoms with Gasteiger partial charge in [-0.05, 0) is 47.9 Å². The number of carbonyl (C=O) groups excluding carboxylic acids is 2. The van der Waals surface area contributed by atoms with Crippen LogP contribution in [0.3, 0.4) is 0 Å². The zero-order chi connectivity index (χ0) is 18.0. The van der Waals surface area contributed by atoms with Gasteiger partial charge in [-0.25, -0.2) is 4.79 Å². The Labute approximate surface area is 145 Å². The molecule has 0 saturated carbocycles. The van der Waals surface area contributed by atoms with Crippen LogP contribution in [0.15, 0.2) is 61.2 Å². The summed E-state index contributed by atoms with van der Waals surface area (Å²) in [7, 11) is 0. The summed E-state index contributed by atoms with van der Waals surface area (Å²) in [5, 5.41) is 3.71. The fourth-order valence-electron chi connectivity index (χ4n) is 3.02. The molecule has 1 aromatic heterocycles. The normalized spacial score (nSPS) is 10.6. The van der Waals surface area contributed by atoms with Crippen molar-refractivity contribution < 1.29 is 9.59 Å². The second-order valence-corrected chi connectivity index (χ2v) is 5.68. The Kier molecular flexibility index (Phi) is 4.39. The highest BCUT2D eigenvalue weighted by Gasteiger charge is 2.14. The first-order valence-corrected chi connectivity index (χ1v) is 8.02. The number of amides is 2. The minimum absolute atomic E-state index is 0.261. The molecule has 3 aromatic rings. The number of nitrogens with zero attached hydrogens (tertiary/aromatic N) is 1. The Morgan fingerprint density at radius 1 is 1.20 bits per heavy atom. The minimum Gasteiger partial charge on any atom is -0.351 e. The SMILES string of the molecule is C=CC(=O)Nc1cccc(-c2cccc3c2cc(CC)n3C(N)=O)c1. The molecule has 0 spiro atoms. The second-order valence-electron chi connectivity index (χ2n) is 5.68. The molecular formula is C20H19N3O2. The number of hydrogen-bond acceptors (Lipinski definition) is 2. The molecule has 0 aliphatic rings. The number of carbonyl (C=O) groups is 2. The van der Waals surface area contributed by atoms with Crippen molar-refractivity contribution in [3.8, 4) is 11.1 Å². The maximum absolute atomic E-state index is 11.8. The Balaban J connectivity index is 2.16. The second kappa shape index (κ2) is 6.65. The Morgan fingerprint density at radius 2 is 1.96 bits per heavy atom. The van der Waals surface area contributed by atoms with Crippen molar-refractivity contribution >= 4 is 28.5 Å². The number of hydrogen-bond donors (Lipinski definition) is 2. The molecule has 3 N–H and O–H groups in total. The summed E-state index contributed by atoms with van der Waals surface area (Å²) in [5.74, 6) is -0.261. The lowest BCUT2D eigenvalue weighted by molar-refractivity contribution is -0.111. The molecule has 0 unspecified atom stereocenters. The van der Waals surface area contributed by atoms with Crippen LogP contribution in [0, 0.1) is 0 Å². The van der Waals surface area contributed by atoms with E-state index in [0.29, 0.717) is 12.1 Å². The van der Waals surface area contributed by atoms with Crippen molar-refractivity contribution in [2.24, 2.45) is 5.73 Å². The first kappa shape index (κ1) is 16.5. The molecule has 1 heterocycles. The highest BCUT2D eigenvalue weighted by molar-refractivity contribution is 6.02. The first-order chi connectivity index (χ1) is 12.0. The summed E-state index contributed by atoms with van der Waals surface area (Å²) in [6.07, 6.45) is 1.93. The average molecular weight is 333 g/mol. The van der Waals surface area contributed by atoms with E-state index >= 15 is 0 Å². The number of aromatic nitrogens is 1. The van der Waals surface area contributed by atoms with Crippen LogP contribution in [0.4, 0.5) is 10.5 Å². The monoisotopic (exact) mass is 333 g/mol. The van der Waals surface area contributed by atoms with E-state index < -0.39 is 6.03 Å². The summed E-state index contributed by atoms with van der Waals surface area (Å²) in [6.45, 7) is 5.44. The van der Waals surface area contributed by atoms with Gasteiger partial charge in [0.25, 0.3) is 0 Å². The van der Waals surface area contributed by atoms with Gasteiger partial charge in [-0.2, -0.15) is 0 Å². The highest BCUT2D eigenvalue weighted by Crippen LogP contribution is 2.32. The number of nitrogens with two attached hydrogens (primary N) is 1.